The van der Waals surface area contributed by atoms with Crippen LogP contribution in [-0.2, 0) is 4.74 Å². The molecule has 0 amide bonds. The monoisotopic (exact) mass is 490 g/mol. The summed E-state index contributed by atoms with van der Waals surface area (Å²) in [6.45, 7) is 8.53. The van der Waals surface area contributed by atoms with Crippen LogP contribution in [0.1, 0.15) is 13.3 Å². The molecule has 1 unspecified atom stereocenters. The minimum atomic E-state index is 0.293. The molecule has 178 valence electrons. The molecule has 0 bridgehead atoms. The fraction of sp³-hybridized carbons (Fsp3) is 0.524. The Morgan fingerprint density at radius 3 is 2.88 bits per heavy atom. The molecule has 33 heavy (non-hydrogen) atoms. The van der Waals surface area contributed by atoms with E-state index in [0.717, 1.165) is 62.1 Å². The van der Waals surface area contributed by atoms with E-state index >= 15 is 0 Å². The predicted molar refractivity (Wildman–Crippen MR) is 131 cm³/mol. The first-order valence-electron chi connectivity index (χ1n) is 11.0. The van der Waals surface area contributed by atoms with E-state index < -0.39 is 0 Å². The number of nitrogens with two attached hydrogens (primary N) is 1. The zero-order valence-corrected chi connectivity index (χ0v) is 20.6. The van der Waals surface area contributed by atoms with Crippen LogP contribution in [0, 0.1) is 0 Å². The molecule has 0 spiro atoms. The van der Waals surface area contributed by atoms with Crippen LogP contribution >= 0.6 is 23.1 Å². The van der Waals surface area contributed by atoms with Crippen LogP contribution in [0.4, 0.5) is 5.95 Å². The fourth-order valence-electron chi connectivity index (χ4n) is 3.45. The molecule has 0 radical (unpaired) electrons. The van der Waals surface area contributed by atoms with Crippen molar-refractivity contribution in [2.24, 2.45) is 0 Å². The number of anilines is 1. The molecule has 12 heteroatoms. The van der Waals surface area contributed by atoms with Crippen molar-refractivity contribution >= 4 is 29.0 Å². The maximum absolute atomic E-state index is 6.13. The Morgan fingerprint density at radius 1 is 1.27 bits per heavy atom. The van der Waals surface area contributed by atoms with Crippen LogP contribution in [0.15, 0.2) is 29.4 Å². The second-order valence-corrected chi connectivity index (χ2v) is 9.43. The summed E-state index contributed by atoms with van der Waals surface area (Å²) < 4.78 is 13.0. The Hall–Kier alpha value is -2.25. The van der Waals surface area contributed by atoms with Crippen LogP contribution in [0.5, 0.6) is 5.75 Å². The molecule has 10 nitrogen and oxygen atoms in total. The first-order chi connectivity index (χ1) is 16.1. The molecular weight excluding hydrogens is 460 g/mol. The maximum atomic E-state index is 6.13. The molecule has 2 aromatic heterocycles. The highest BCUT2D eigenvalue weighted by Crippen LogP contribution is 2.33. The molecule has 1 aliphatic rings. The van der Waals surface area contributed by atoms with Gasteiger partial charge < -0.3 is 20.5 Å². The van der Waals surface area contributed by atoms with Crippen molar-refractivity contribution in [3.8, 4) is 21.5 Å². The van der Waals surface area contributed by atoms with E-state index in [2.05, 4.69) is 37.4 Å². The summed E-state index contributed by atoms with van der Waals surface area (Å²) >= 11 is 2.83. The number of hydrogen-bond acceptors (Lipinski definition) is 11. The summed E-state index contributed by atoms with van der Waals surface area (Å²) in [5.41, 5.74) is 6.87. The van der Waals surface area contributed by atoms with E-state index in [1.807, 2.05) is 30.5 Å². The molecule has 1 atom stereocenters. The van der Waals surface area contributed by atoms with Gasteiger partial charge in [0.05, 0.1) is 25.4 Å². The quantitative estimate of drug-likeness (QED) is 0.387. The van der Waals surface area contributed by atoms with Gasteiger partial charge in [-0.05, 0) is 31.7 Å². The lowest BCUT2D eigenvalue weighted by atomic mass is 10.2. The van der Waals surface area contributed by atoms with Gasteiger partial charge in [0, 0.05) is 32.2 Å². The standard InChI is InChI=1S/C21H30N8O2S2/c1-15(23-8-9-28-10-13-30-14-11-28)7-12-31-17-6-4-3-5-16(17)18-25-26-21(33-18)29-19(22)24-20(27-29)32-2/h3-6,15,23H,7-14H2,1-2H3,(H2,22,24,27). The van der Waals surface area contributed by atoms with E-state index in [1.54, 1.807) is 0 Å². The number of nitrogen functional groups attached to an aromatic ring is 1. The smallest absolute Gasteiger partial charge is 0.236 e. The first kappa shape index (κ1) is 23.9. The van der Waals surface area contributed by atoms with Crippen molar-refractivity contribution in [1.29, 1.82) is 0 Å². The number of benzene rings is 1. The van der Waals surface area contributed by atoms with Gasteiger partial charge in [-0.3, -0.25) is 4.90 Å². The Balaban J connectivity index is 1.30. The van der Waals surface area contributed by atoms with Crippen molar-refractivity contribution in [2.45, 2.75) is 24.5 Å². The SMILES string of the molecule is CSc1nc(N)n(-c2nnc(-c3ccccc3OCCC(C)NCCN3CCOCC3)s2)n1. The summed E-state index contributed by atoms with van der Waals surface area (Å²) in [4.78, 5) is 6.63. The van der Waals surface area contributed by atoms with Crippen LogP contribution in [0.2, 0.25) is 0 Å². The van der Waals surface area contributed by atoms with E-state index in [0.29, 0.717) is 28.9 Å². The number of ether oxygens (including phenoxy) is 2. The number of nitrogens with one attached hydrogen (secondary N) is 1. The number of aromatic nitrogens is 5. The molecule has 0 aliphatic carbocycles. The zero-order chi connectivity index (χ0) is 23.0. The highest BCUT2D eigenvalue weighted by molar-refractivity contribution is 7.98. The molecule has 0 saturated carbocycles. The molecule has 3 heterocycles. The van der Waals surface area contributed by atoms with Crippen molar-refractivity contribution in [2.75, 3.05) is 58.0 Å². The highest BCUT2D eigenvalue weighted by Gasteiger charge is 2.17. The Bertz CT molecular complexity index is 1020. The van der Waals surface area contributed by atoms with E-state index in [-0.39, 0.29) is 0 Å². The highest BCUT2D eigenvalue weighted by atomic mass is 32.2. The summed E-state index contributed by atoms with van der Waals surface area (Å²) in [5, 5.41) is 18.5. The normalized spacial score (nSPS) is 15.6. The van der Waals surface area contributed by atoms with Crippen molar-refractivity contribution in [1.82, 2.24) is 35.2 Å². The second kappa shape index (κ2) is 11.7. The summed E-state index contributed by atoms with van der Waals surface area (Å²) in [6, 6.07) is 8.25. The average Bonchev–Trinajstić information content (AvgIpc) is 3.46. The number of nitrogens with zero attached hydrogens (tertiary/aromatic N) is 6. The van der Waals surface area contributed by atoms with Crippen LogP contribution in [0.25, 0.3) is 15.7 Å². The molecule has 1 fully saturated rings. The van der Waals surface area contributed by atoms with E-state index in [4.69, 9.17) is 15.2 Å². The second-order valence-electron chi connectivity index (χ2n) is 7.70. The van der Waals surface area contributed by atoms with Gasteiger partial charge in [0.25, 0.3) is 0 Å². The van der Waals surface area contributed by atoms with Crippen molar-refractivity contribution in [3.05, 3.63) is 24.3 Å². The number of hydrogen-bond donors (Lipinski definition) is 2. The zero-order valence-electron chi connectivity index (χ0n) is 18.9. The van der Waals surface area contributed by atoms with Gasteiger partial charge in [-0.2, -0.15) is 9.67 Å². The molecule has 1 aromatic carbocycles. The number of para-hydroxylation sites is 1. The Labute approximate surface area is 201 Å². The van der Waals surface area contributed by atoms with E-state index in [9.17, 15) is 0 Å². The predicted octanol–water partition coefficient (Wildman–Crippen LogP) is 2.17. The topological polar surface area (TPSA) is 116 Å². The maximum Gasteiger partial charge on any atom is 0.236 e. The van der Waals surface area contributed by atoms with Crippen molar-refractivity contribution < 1.29 is 9.47 Å². The number of thioether (sulfide) groups is 1. The molecule has 3 aromatic rings. The molecule has 4 rings (SSSR count). The van der Waals surface area contributed by atoms with Gasteiger partial charge in [0.2, 0.25) is 16.2 Å². The van der Waals surface area contributed by atoms with E-state index in [1.165, 1.54) is 27.8 Å². The average molecular weight is 491 g/mol. The third-order valence-corrected chi connectivity index (χ3v) is 6.81. The number of rotatable bonds is 11. The van der Waals surface area contributed by atoms with Gasteiger partial charge in [-0.25, -0.2) is 0 Å². The first-order valence-corrected chi connectivity index (χ1v) is 13.0. The fourth-order valence-corrected chi connectivity index (χ4v) is 4.64. The largest absolute Gasteiger partial charge is 0.493 e. The summed E-state index contributed by atoms with van der Waals surface area (Å²) in [5.74, 6) is 1.08. The Kier molecular flexibility index (Phi) is 8.51. The minimum Gasteiger partial charge on any atom is -0.493 e. The summed E-state index contributed by atoms with van der Waals surface area (Å²) in [6.07, 6.45) is 2.81. The Morgan fingerprint density at radius 2 is 2.09 bits per heavy atom. The van der Waals surface area contributed by atoms with Gasteiger partial charge >= 0.3 is 0 Å². The van der Waals surface area contributed by atoms with Gasteiger partial charge in [-0.15, -0.1) is 15.3 Å². The van der Waals surface area contributed by atoms with Gasteiger partial charge in [0.1, 0.15) is 5.75 Å². The lowest BCUT2D eigenvalue weighted by molar-refractivity contribution is 0.0381. The van der Waals surface area contributed by atoms with Crippen LogP contribution < -0.4 is 15.8 Å². The third kappa shape index (κ3) is 6.42. The lowest BCUT2D eigenvalue weighted by Crippen LogP contribution is -2.42. The summed E-state index contributed by atoms with van der Waals surface area (Å²) in [7, 11) is 0. The minimum absolute atomic E-state index is 0.293. The molecule has 1 saturated heterocycles. The van der Waals surface area contributed by atoms with Crippen LogP contribution in [-0.4, -0.2) is 88.2 Å². The van der Waals surface area contributed by atoms with Gasteiger partial charge in [0.15, 0.2) is 5.01 Å². The number of morpholine rings is 1. The lowest BCUT2D eigenvalue weighted by Gasteiger charge is -2.27. The molecule has 3 N–H and O–H groups in total. The van der Waals surface area contributed by atoms with Gasteiger partial charge in [-0.1, -0.05) is 35.2 Å². The van der Waals surface area contributed by atoms with Crippen LogP contribution in [0.3, 0.4) is 0 Å². The van der Waals surface area contributed by atoms with Crippen molar-refractivity contribution in [3.63, 3.8) is 0 Å². The molecular formula is C21H30N8O2S2. The molecule has 1 aliphatic heterocycles. The third-order valence-electron chi connectivity index (χ3n) is 5.34.